The number of carbonyl (C=O) groups is 1. The van der Waals surface area contributed by atoms with Crippen LogP contribution in [-0.2, 0) is 33.7 Å². The van der Waals surface area contributed by atoms with E-state index in [9.17, 15) is 9.59 Å². The fraction of sp³-hybridized carbons (Fsp3) is 0.409. The number of nitrogens with zero attached hydrogens (tertiary/aromatic N) is 3. The summed E-state index contributed by atoms with van der Waals surface area (Å²) in [7, 11) is 1.36. The second-order valence-corrected chi connectivity index (χ2v) is 7.44. The largest absolute Gasteiger partial charge is 0.466 e. The first kappa shape index (κ1) is 20.2. The molecular formula is C22H26N4O4. The molecule has 0 radical (unpaired) electrons. The van der Waals surface area contributed by atoms with Crippen LogP contribution in [0.15, 0.2) is 46.9 Å². The zero-order valence-corrected chi connectivity index (χ0v) is 17.1. The second-order valence-electron chi connectivity index (χ2n) is 7.44. The van der Waals surface area contributed by atoms with E-state index in [1.54, 1.807) is 0 Å². The maximum Gasteiger partial charge on any atom is 0.335 e. The number of H-pyrrole nitrogens is 1. The Morgan fingerprint density at radius 2 is 1.97 bits per heavy atom. The van der Waals surface area contributed by atoms with E-state index in [1.165, 1.54) is 7.11 Å². The Morgan fingerprint density at radius 3 is 2.70 bits per heavy atom. The van der Waals surface area contributed by atoms with E-state index in [4.69, 9.17) is 14.5 Å². The Bertz CT molecular complexity index is 980. The number of morpholine rings is 1. The van der Waals surface area contributed by atoms with Crippen LogP contribution in [0.4, 0.5) is 5.95 Å². The molecule has 1 fully saturated rings. The third-order valence-electron chi connectivity index (χ3n) is 5.42. The Morgan fingerprint density at radius 1 is 1.20 bits per heavy atom. The molecule has 0 saturated carbocycles. The van der Waals surface area contributed by atoms with Crippen LogP contribution in [0.3, 0.4) is 0 Å². The number of ether oxygens (including phenoxy) is 2. The van der Waals surface area contributed by atoms with E-state index in [0.29, 0.717) is 62.9 Å². The Hall–Kier alpha value is -3.13. The predicted octanol–water partition coefficient (Wildman–Crippen LogP) is 1.26. The molecule has 3 heterocycles. The Labute approximate surface area is 175 Å². The molecule has 0 aliphatic carbocycles. The summed E-state index contributed by atoms with van der Waals surface area (Å²) in [6, 6.07) is 10.1. The lowest BCUT2D eigenvalue weighted by Gasteiger charge is -2.29. The molecule has 8 nitrogen and oxygen atoms in total. The maximum atomic E-state index is 12.9. The number of aromatic nitrogens is 2. The summed E-state index contributed by atoms with van der Waals surface area (Å²) >= 11 is 0. The van der Waals surface area contributed by atoms with Gasteiger partial charge in [-0.05, 0) is 5.56 Å². The quantitative estimate of drug-likeness (QED) is 0.760. The first-order chi connectivity index (χ1) is 14.6. The molecule has 0 spiro atoms. The van der Waals surface area contributed by atoms with Crippen LogP contribution in [0, 0.1) is 0 Å². The second kappa shape index (κ2) is 9.13. The van der Waals surface area contributed by atoms with E-state index < -0.39 is 5.97 Å². The first-order valence-corrected chi connectivity index (χ1v) is 10.2. The molecule has 4 rings (SSSR count). The SMILES string of the molecule is COC(=O)/C1=C/N(Cc2ccccc2)CCc2nc(N3CCOCC3)[nH]c(=O)c2C1. The van der Waals surface area contributed by atoms with E-state index in [1.807, 2.05) is 29.3 Å². The highest BCUT2D eigenvalue weighted by atomic mass is 16.5. The molecule has 2 aliphatic heterocycles. The minimum absolute atomic E-state index is 0.193. The maximum absolute atomic E-state index is 12.9. The molecule has 0 bridgehead atoms. The molecule has 0 atom stereocenters. The van der Waals surface area contributed by atoms with Crippen molar-refractivity contribution in [1.82, 2.24) is 14.9 Å². The number of hydrogen-bond donors (Lipinski definition) is 1. The summed E-state index contributed by atoms with van der Waals surface area (Å²) in [5.41, 5.74) is 2.65. The standard InChI is InChI=1S/C22H26N4O4/c1-29-21(28)17-13-18-19(7-8-25(15-17)14-16-5-3-2-4-6-16)23-22(24-20(18)27)26-9-11-30-12-10-26/h2-6,15H,7-14H2,1H3,(H,23,24,27)/b17-15+. The summed E-state index contributed by atoms with van der Waals surface area (Å²) in [5, 5.41) is 0. The van der Waals surface area contributed by atoms with Crippen molar-refractivity contribution in [3.8, 4) is 0 Å². The number of benzene rings is 1. The number of carbonyl (C=O) groups excluding carboxylic acids is 1. The van der Waals surface area contributed by atoms with Gasteiger partial charge in [-0.2, -0.15) is 0 Å². The smallest absolute Gasteiger partial charge is 0.335 e. The van der Waals surface area contributed by atoms with Gasteiger partial charge >= 0.3 is 5.97 Å². The topological polar surface area (TPSA) is 87.8 Å². The van der Waals surface area contributed by atoms with Crippen molar-refractivity contribution in [1.29, 1.82) is 0 Å². The van der Waals surface area contributed by atoms with Crippen LogP contribution in [0.1, 0.15) is 16.8 Å². The predicted molar refractivity (Wildman–Crippen MR) is 112 cm³/mol. The summed E-state index contributed by atoms with van der Waals surface area (Å²) in [5.74, 6) is 0.137. The minimum Gasteiger partial charge on any atom is -0.466 e. The molecule has 1 N–H and O–H groups in total. The van der Waals surface area contributed by atoms with Gasteiger partial charge in [-0.1, -0.05) is 30.3 Å². The first-order valence-electron chi connectivity index (χ1n) is 10.2. The van der Waals surface area contributed by atoms with Crippen molar-refractivity contribution in [3.63, 3.8) is 0 Å². The fourth-order valence-electron chi connectivity index (χ4n) is 3.81. The van der Waals surface area contributed by atoms with Gasteiger partial charge in [0, 0.05) is 50.8 Å². The third kappa shape index (κ3) is 4.54. The van der Waals surface area contributed by atoms with Gasteiger partial charge in [-0.3, -0.25) is 9.78 Å². The minimum atomic E-state index is -0.433. The number of rotatable bonds is 4. The van der Waals surface area contributed by atoms with Crippen molar-refractivity contribution >= 4 is 11.9 Å². The molecular weight excluding hydrogens is 384 g/mol. The van der Waals surface area contributed by atoms with Crippen LogP contribution < -0.4 is 10.5 Å². The van der Waals surface area contributed by atoms with Crippen molar-refractivity contribution in [3.05, 3.63) is 69.3 Å². The number of fused-ring (bicyclic) bond motifs is 1. The molecule has 1 aromatic heterocycles. The number of nitrogens with one attached hydrogen (secondary N) is 1. The molecule has 2 aromatic rings. The summed E-state index contributed by atoms with van der Waals surface area (Å²) in [6.07, 6.45) is 2.63. The highest BCUT2D eigenvalue weighted by Gasteiger charge is 2.23. The van der Waals surface area contributed by atoms with Crippen molar-refractivity contribution in [2.75, 3.05) is 44.9 Å². The summed E-state index contributed by atoms with van der Waals surface area (Å²) in [4.78, 5) is 37.0. The molecule has 1 saturated heterocycles. The molecule has 2 aliphatic rings. The van der Waals surface area contributed by atoms with Crippen LogP contribution in [0.2, 0.25) is 0 Å². The van der Waals surface area contributed by atoms with Crippen molar-refractivity contribution in [2.45, 2.75) is 19.4 Å². The lowest BCUT2D eigenvalue weighted by molar-refractivity contribution is -0.136. The number of aromatic amines is 1. The molecule has 158 valence electrons. The highest BCUT2D eigenvalue weighted by molar-refractivity contribution is 5.88. The monoisotopic (exact) mass is 410 g/mol. The molecule has 30 heavy (non-hydrogen) atoms. The van der Waals surface area contributed by atoms with Gasteiger partial charge in [-0.25, -0.2) is 9.78 Å². The zero-order valence-electron chi connectivity index (χ0n) is 17.1. The number of hydrogen-bond acceptors (Lipinski definition) is 7. The number of esters is 1. The van der Waals surface area contributed by atoms with Gasteiger partial charge in [-0.15, -0.1) is 0 Å². The van der Waals surface area contributed by atoms with Crippen LogP contribution in [0.25, 0.3) is 0 Å². The average Bonchev–Trinajstić information content (AvgIpc) is 2.77. The van der Waals surface area contributed by atoms with E-state index >= 15 is 0 Å². The van der Waals surface area contributed by atoms with E-state index in [0.717, 1.165) is 11.3 Å². The van der Waals surface area contributed by atoms with Gasteiger partial charge < -0.3 is 19.3 Å². The normalized spacial score (nSPS) is 18.6. The number of methoxy groups -OCH3 is 1. The third-order valence-corrected chi connectivity index (χ3v) is 5.42. The molecule has 0 amide bonds. The fourth-order valence-corrected chi connectivity index (χ4v) is 3.81. The van der Waals surface area contributed by atoms with Crippen LogP contribution >= 0.6 is 0 Å². The Balaban J connectivity index is 1.66. The number of anilines is 1. The van der Waals surface area contributed by atoms with E-state index in [2.05, 4.69) is 22.0 Å². The molecule has 8 heteroatoms. The van der Waals surface area contributed by atoms with Crippen LogP contribution in [0.5, 0.6) is 0 Å². The Kier molecular flexibility index (Phi) is 6.13. The average molecular weight is 410 g/mol. The van der Waals surface area contributed by atoms with Gasteiger partial charge in [0.25, 0.3) is 5.56 Å². The van der Waals surface area contributed by atoms with Gasteiger partial charge in [0.05, 0.1) is 31.6 Å². The molecule has 1 aromatic carbocycles. The lowest BCUT2D eigenvalue weighted by Crippen LogP contribution is -2.39. The highest BCUT2D eigenvalue weighted by Crippen LogP contribution is 2.19. The summed E-state index contributed by atoms with van der Waals surface area (Å²) in [6.45, 7) is 3.91. The van der Waals surface area contributed by atoms with Crippen LogP contribution in [-0.4, -0.2) is 60.8 Å². The van der Waals surface area contributed by atoms with Crippen molar-refractivity contribution in [2.24, 2.45) is 0 Å². The van der Waals surface area contributed by atoms with Crippen molar-refractivity contribution < 1.29 is 14.3 Å². The van der Waals surface area contributed by atoms with Gasteiger partial charge in [0.15, 0.2) is 0 Å². The van der Waals surface area contributed by atoms with Gasteiger partial charge in [0.2, 0.25) is 5.95 Å². The lowest BCUT2D eigenvalue weighted by atomic mass is 10.0. The summed E-state index contributed by atoms with van der Waals surface area (Å²) < 4.78 is 10.4. The van der Waals surface area contributed by atoms with Gasteiger partial charge in [0.1, 0.15) is 0 Å². The van der Waals surface area contributed by atoms with E-state index in [-0.39, 0.29) is 12.0 Å². The zero-order chi connectivity index (χ0) is 20.9. The molecule has 0 unspecified atom stereocenters.